The fourth-order valence-corrected chi connectivity index (χ4v) is 1.03. The molecule has 0 saturated carbocycles. The van der Waals surface area contributed by atoms with Crippen LogP contribution in [0, 0.1) is 0 Å². The van der Waals surface area contributed by atoms with Gasteiger partial charge in [0, 0.05) is 11.4 Å². The Bertz CT molecular complexity index is 387. The summed E-state index contributed by atoms with van der Waals surface area (Å²) in [5.41, 5.74) is -0.319. The van der Waals surface area contributed by atoms with Crippen molar-refractivity contribution in [2.24, 2.45) is 0 Å². The normalized spacial score (nSPS) is 9.38. The largest absolute Gasteiger partial charge is 0.423 e. The van der Waals surface area contributed by atoms with E-state index in [4.69, 9.17) is 0 Å². The van der Waals surface area contributed by atoms with Crippen LogP contribution in [0.1, 0.15) is 6.92 Å². The molecule has 0 amide bonds. The molecular weight excluding hydrogens is 236 g/mol. The molecule has 1 rings (SSSR count). The van der Waals surface area contributed by atoms with Crippen molar-refractivity contribution < 1.29 is 9.53 Å². The van der Waals surface area contributed by atoms with Crippen LogP contribution in [-0.4, -0.2) is 5.97 Å². The average molecular weight is 243 g/mol. The summed E-state index contributed by atoms with van der Waals surface area (Å²) in [6, 6.07) is 6.02. The molecule has 0 saturated heterocycles. The van der Waals surface area contributed by atoms with Crippen molar-refractivity contribution in [1.82, 2.24) is 0 Å². The van der Waals surface area contributed by atoms with Gasteiger partial charge in [0.25, 0.3) is 0 Å². The van der Waals surface area contributed by atoms with E-state index in [1.165, 1.54) is 19.1 Å². The van der Waals surface area contributed by atoms with Crippen LogP contribution in [0.3, 0.4) is 0 Å². The summed E-state index contributed by atoms with van der Waals surface area (Å²) in [5.74, 6) is -0.461. The maximum atomic E-state index is 11.2. The van der Waals surface area contributed by atoms with E-state index < -0.39 is 5.97 Å². The first kappa shape index (κ1) is 9.92. The van der Waals surface area contributed by atoms with Crippen LogP contribution in [-0.2, 0) is 4.79 Å². The molecule has 0 aliphatic carbocycles. The second-order valence-electron chi connectivity index (χ2n) is 2.37. The van der Waals surface area contributed by atoms with Gasteiger partial charge >= 0.3 is 5.97 Å². The fourth-order valence-electron chi connectivity index (χ4n) is 0.770. The van der Waals surface area contributed by atoms with Crippen LogP contribution in [0.2, 0.25) is 0 Å². The molecule has 3 nitrogen and oxygen atoms in total. The van der Waals surface area contributed by atoms with Gasteiger partial charge in [-0.2, -0.15) is 0 Å². The molecule has 0 aromatic heterocycles. The minimum atomic E-state index is -0.501. The smallest absolute Gasteiger partial charge is 0.308 e. The fraction of sp³-hybridized carbons (Fsp3) is 0.111. The molecule has 0 fully saturated rings. The first-order valence-corrected chi connectivity index (χ1v) is 4.37. The SMILES string of the molecule is CC(=O)Oc1ccc(Br)ccc1=O. The summed E-state index contributed by atoms with van der Waals surface area (Å²) >= 11 is 3.20. The number of carbonyl (C=O) groups is 1. The third-order valence-corrected chi connectivity index (χ3v) is 1.81. The lowest BCUT2D eigenvalue weighted by atomic mass is 10.4. The number of carbonyl (C=O) groups excluding carboxylic acids is 1. The second-order valence-corrected chi connectivity index (χ2v) is 3.29. The topological polar surface area (TPSA) is 43.4 Å². The zero-order valence-corrected chi connectivity index (χ0v) is 8.50. The molecule has 0 spiro atoms. The van der Waals surface area contributed by atoms with Crippen LogP contribution in [0.25, 0.3) is 0 Å². The Morgan fingerprint density at radius 2 is 1.92 bits per heavy atom. The molecule has 1 aromatic rings. The van der Waals surface area contributed by atoms with E-state index in [1.807, 2.05) is 0 Å². The van der Waals surface area contributed by atoms with Crippen LogP contribution < -0.4 is 10.2 Å². The van der Waals surface area contributed by atoms with Gasteiger partial charge in [0.15, 0.2) is 5.75 Å². The van der Waals surface area contributed by atoms with E-state index in [1.54, 1.807) is 12.1 Å². The molecule has 0 aliphatic heterocycles. The second kappa shape index (κ2) is 4.18. The maximum absolute atomic E-state index is 11.2. The number of hydrogen-bond acceptors (Lipinski definition) is 3. The summed E-state index contributed by atoms with van der Waals surface area (Å²) in [6.07, 6.45) is 0. The summed E-state index contributed by atoms with van der Waals surface area (Å²) in [5, 5.41) is 0. The van der Waals surface area contributed by atoms with Gasteiger partial charge in [-0.1, -0.05) is 15.9 Å². The highest BCUT2D eigenvalue weighted by Gasteiger charge is 2.00. The van der Waals surface area contributed by atoms with Crippen LogP contribution >= 0.6 is 15.9 Å². The molecule has 0 heterocycles. The van der Waals surface area contributed by atoms with Crippen molar-refractivity contribution in [3.05, 3.63) is 39.0 Å². The van der Waals surface area contributed by atoms with Gasteiger partial charge < -0.3 is 4.74 Å². The summed E-state index contributed by atoms with van der Waals surface area (Å²) in [7, 11) is 0. The molecule has 0 aliphatic rings. The predicted octanol–water partition coefficient (Wildman–Crippen LogP) is 1.73. The van der Waals surface area contributed by atoms with E-state index >= 15 is 0 Å². The van der Waals surface area contributed by atoms with Gasteiger partial charge in [-0.25, -0.2) is 0 Å². The average Bonchev–Trinajstić information content (AvgIpc) is 2.19. The first-order chi connectivity index (χ1) is 6.09. The maximum Gasteiger partial charge on any atom is 0.308 e. The van der Waals surface area contributed by atoms with E-state index in [2.05, 4.69) is 20.7 Å². The zero-order valence-electron chi connectivity index (χ0n) is 6.91. The highest BCUT2D eigenvalue weighted by molar-refractivity contribution is 9.10. The standard InChI is InChI=1S/C9H7BrO3/c1-6(11)13-9-5-3-7(10)2-4-8(9)12/h2-5H,1H3. The number of ether oxygens (including phenoxy) is 1. The van der Waals surface area contributed by atoms with E-state index in [0.29, 0.717) is 0 Å². The van der Waals surface area contributed by atoms with Crippen molar-refractivity contribution in [2.75, 3.05) is 0 Å². The number of esters is 1. The lowest BCUT2D eigenvalue weighted by Crippen LogP contribution is -2.08. The Balaban J connectivity index is 3.17. The van der Waals surface area contributed by atoms with Gasteiger partial charge in [-0.15, -0.1) is 0 Å². The third-order valence-electron chi connectivity index (χ3n) is 1.28. The lowest BCUT2D eigenvalue weighted by molar-refractivity contribution is -0.131. The summed E-state index contributed by atoms with van der Waals surface area (Å²) in [6.45, 7) is 1.25. The van der Waals surface area contributed by atoms with E-state index in [0.717, 1.165) is 4.47 Å². The molecular formula is C9H7BrO3. The van der Waals surface area contributed by atoms with Gasteiger partial charge in [-0.05, 0) is 24.3 Å². The molecule has 1 aromatic carbocycles. The Hall–Kier alpha value is -1.16. The Kier molecular flexibility index (Phi) is 3.19. The van der Waals surface area contributed by atoms with Gasteiger partial charge in [0.05, 0.1) is 0 Å². The Labute approximate surface area is 83.5 Å². The van der Waals surface area contributed by atoms with E-state index in [-0.39, 0.29) is 11.2 Å². The Morgan fingerprint density at radius 1 is 1.31 bits per heavy atom. The molecule has 0 N–H and O–H groups in total. The van der Waals surface area contributed by atoms with Crippen molar-refractivity contribution in [3.63, 3.8) is 0 Å². The van der Waals surface area contributed by atoms with Crippen LogP contribution in [0.5, 0.6) is 5.75 Å². The molecule has 13 heavy (non-hydrogen) atoms. The molecule has 4 heteroatoms. The van der Waals surface area contributed by atoms with Crippen molar-refractivity contribution >= 4 is 21.9 Å². The van der Waals surface area contributed by atoms with Crippen LogP contribution in [0.4, 0.5) is 0 Å². The summed E-state index contributed by atoms with van der Waals surface area (Å²) in [4.78, 5) is 21.8. The van der Waals surface area contributed by atoms with Gasteiger partial charge in [-0.3, -0.25) is 9.59 Å². The molecule has 0 radical (unpaired) electrons. The zero-order chi connectivity index (χ0) is 9.84. The predicted molar refractivity (Wildman–Crippen MR) is 51.7 cm³/mol. The minimum Gasteiger partial charge on any atom is -0.423 e. The molecule has 68 valence electrons. The first-order valence-electron chi connectivity index (χ1n) is 3.58. The van der Waals surface area contributed by atoms with Crippen molar-refractivity contribution in [3.8, 4) is 5.75 Å². The quantitative estimate of drug-likeness (QED) is 0.705. The highest BCUT2D eigenvalue weighted by Crippen LogP contribution is 2.09. The lowest BCUT2D eigenvalue weighted by Gasteiger charge is -1.94. The van der Waals surface area contributed by atoms with E-state index in [9.17, 15) is 9.59 Å². The van der Waals surface area contributed by atoms with Crippen molar-refractivity contribution in [2.45, 2.75) is 6.92 Å². The number of rotatable bonds is 1. The monoisotopic (exact) mass is 242 g/mol. The van der Waals surface area contributed by atoms with Gasteiger partial charge in [0.2, 0.25) is 5.43 Å². The number of halogens is 1. The highest BCUT2D eigenvalue weighted by atomic mass is 79.9. The molecule has 0 bridgehead atoms. The van der Waals surface area contributed by atoms with Crippen LogP contribution in [0.15, 0.2) is 33.5 Å². The summed E-state index contributed by atoms with van der Waals surface area (Å²) < 4.78 is 5.44. The van der Waals surface area contributed by atoms with Gasteiger partial charge in [0.1, 0.15) is 0 Å². The molecule has 0 unspecified atom stereocenters. The minimum absolute atomic E-state index is 0.0400. The van der Waals surface area contributed by atoms with Crippen molar-refractivity contribution in [1.29, 1.82) is 0 Å². The Morgan fingerprint density at radius 3 is 2.54 bits per heavy atom. The number of hydrogen-bond donors (Lipinski definition) is 0. The third kappa shape index (κ3) is 2.99. The molecule has 0 atom stereocenters.